The van der Waals surface area contributed by atoms with Crippen LogP contribution in [0.2, 0.25) is 0 Å². The van der Waals surface area contributed by atoms with Gasteiger partial charge in [0, 0.05) is 19.4 Å². The van der Waals surface area contributed by atoms with Gasteiger partial charge in [-0.1, -0.05) is 6.08 Å². The summed E-state index contributed by atoms with van der Waals surface area (Å²) >= 11 is 0. The van der Waals surface area contributed by atoms with Gasteiger partial charge >= 0.3 is 5.97 Å². The molecule has 0 amide bonds. The van der Waals surface area contributed by atoms with Crippen molar-refractivity contribution < 1.29 is 19.7 Å². The summed E-state index contributed by atoms with van der Waals surface area (Å²) in [5.74, 6) is 1.89. The molecule has 104 valence electrons. The smallest absolute Gasteiger partial charge is 0.303 e. The molecule has 2 aliphatic carbocycles. The molecule has 2 rings (SSSR count). The first-order chi connectivity index (χ1) is 9.05. The van der Waals surface area contributed by atoms with Gasteiger partial charge in [-0.3, -0.25) is 4.79 Å². The number of fused-ring (bicyclic) bond motifs is 1. The van der Waals surface area contributed by atoms with E-state index < -0.39 is 12.1 Å². The van der Waals surface area contributed by atoms with Crippen LogP contribution in [0.3, 0.4) is 0 Å². The fourth-order valence-corrected chi connectivity index (χ4v) is 3.49. The first kappa shape index (κ1) is 14.1. The number of aliphatic hydroxyl groups is 1. The predicted molar refractivity (Wildman–Crippen MR) is 70.4 cm³/mol. The Kier molecular flexibility index (Phi) is 3.98. The van der Waals surface area contributed by atoms with Crippen LogP contribution in [0.25, 0.3) is 0 Å². The van der Waals surface area contributed by atoms with E-state index in [-0.39, 0.29) is 23.9 Å². The molecule has 0 spiro atoms. The number of ether oxygens (including phenoxy) is 1. The number of carboxylic acids is 1. The monoisotopic (exact) mass is 264 g/mol. The van der Waals surface area contributed by atoms with Gasteiger partial charge in [0.1, 0.15) is 0 Å². The van der Waals surface area contributed by atoms with Gasteiger partial charge in [-0.15, -0.1) is 12.3 Å². The lowest BCUT2D eigenvalue weighted by Crippen LogP contribution is -2.59. The van der Waals surface area contributed by atoms with Gasteiger partial charge in [-0.05, 0) is 31.3 Å². The molecule has 0 radical (unpaired) electrons. The summed E-state index contributed by atoms with van der Waals surface area (Å²) in [6.45, 7) is 0. The van der Waals surface area contributed by atoms with Crippen molar-refractivity contribution in [2.45, 2.75) is 43.8 Å². The van der Waals surface area contributed by atoms with Crippen LogP contribution in [0.15, 0.2) is 11.6 Å². The van der Waals surface area contributed by atoms with Crippen molar-refractivity contribution in [3.05, 3.63) is 11.6 Å². The second-order valence-corrected chi connectivity index (χ2v) is 5.36. The van der Waals surface area contributed by atoms with Crippen LogP contribution >= 0.6 is 0 Å². The van der Waals surface area contributed by atoms with E-state index >= 15 is 0 Å². The van der Waals surface area contributed by atoms with Crippen LogP contribution in [0.4, 0.5) is 0 Å². The zero-order valence-corrected chi connectivity index (χ0v) is 11.1. The van der Waals surface area contributed by atoms with E-state index in [0.29, 0.717) is 12.8 Å². The molecule has 4 heteroatoms. The van der Waals surface area contributed by atoms with Gasteiger partial charge in [0.15, 0.2) is 0 Å². The molecule has 0 aromatic carbocycles. The second-order valence-electron chi connectivity index (χ2n) is 5.36. The molecule has 2 aliphatic rings. The number of rotatable bonds is 4. The van der Waals surface area contributed by atoms with Crippen LogP contribution in [0.5, 0.6) is 0 Å². The molecule has 4 nitrogen and oxygen atoms in total. The SMILES string of the molecule is C#C[C@@H]1[C@@H](O)CC[C@@]2(OC)C(=CCCC(=O)O)C[C@@H]12. The number of carboxylic acid groups (broad SMARTS) is 1. The standard InChI is InChI=1S/C15H20O4/c1-3-11-12-9-10(5-4-6-14(17)18)15(12,19-2)8-7-13(11)16/h1,5,11-13,16H,4,6-9H2,2H3,(H,17,18)/t11-,12-,13-,15+/m0/s1. The number of aliphatic carboxylic acids is 1. The van der Waals surface area contributed by atoms with Crippen LogP contribution in [0.1, 0.15) is 32.1 Å². The third kappa shape index (κ3) is 2.29. The molecule has 0 aliphatic heterocycles. The molecule has 0 heterocycles. The minimum absolute atomic E-state index is 0.134. The van der Waals surface area contributed by atoms with Gasteiger partial charge < -0.3 is 14.9 Å². The van der Waals surface area contributed by atoms with Crippen molar-refractivity contribution in [2.75, 3.05) is 7.11 Å². The molecule has 19 heavy (non-hydrogen) atoms. The number of hydrogen-bond acceptors (Lipinski definition) is 3. The Morgan fingerprint density at radius 1 is 1.68 bits per heavy atom. The molecule has 0 aromatic heterocycles. The lowest BCUT2D eigenvalue weighted by Gasteiger charge is -2.57. The Labute approximate surface area is 113 Å². The van der Waals surface area contributed by atoms with E-state index in [1.807, 2.05) is 6.08 Å². The Hall–Kier alpha value is -1.31. The molecule has 4 atom stereocenters. The molecule has 2 fully saturated rings. The highest BCUT2D eigenvalue weighted by Gasteiger charge is 2.58. The fraction of sp³-hybridized carbons (Fsp3) is 0.667. The first-order valence-corrected chi connectivity index (χ1v) is 6.66. The van der Waals surface area contributed by atoms with Crippen molar-refractivity contribution in [1.29, 1.82) is 0 Å². The number of hydrogen-bond donors (Lipinski definition) is 2. The number of allylic oxidation sites excluding steroid dienone is 1. The van der Waals surface area contributed by atoms with Gasteiger partial charge in [0.05, 0.1) is 17.6 Å². The van der Waals surface area contributed by atoms with E-state index in [1.54, 1.807) is 7.11 Å². The van der Waals surface area contributed by atoms with Gasteiger partial charge in [0.2, 0.25) is 0 Å². The van der Waals surface area contributed by atoms with E-state index in [1.165, 1.54) is 0 Å². The number of carbonyl (C=O) groups is 1. The summed E-state index contributed by atoms with van der Waals surface area (Å²) < 4.78 is 5.71. The van der Waals surface area contributed by atoms with Crippen LogP contribution in [-0.4, -0.2) is 35.0 Å². The third-order valence-corrected chi connectivity index (χ3v) is 4.55. The molecule has 2 saturated carbocycles. The van der Waals surface area contributed by atoms with Crippen molar-refractivity contribution in [3.8, 4) is 12.3 Å². The topological polar surface area (TPSA) is 66.8 Å². The van der Waals surface area contributed by atoms with Crippen molar-refractivity contribution in [3.63, 3.8) is 0 Å². The van der Waals surface area contributed by atoms with Crippen molar-refractivity contribution in [1.82, 2.24) is 0 Å². The molecule has 0 bridgehead atoms. The zero-order chi connectivity index (χ0) is 14.0. The van der Waals surface area contributed by atoms with Crippen LogP contribution in [-0.2, 0) is 9.53 Å². The Morgan fingerprint density at radius 2 is 2.42 bits per heavy atom. The van der Waals surface area contributed by atoms with E-state index in [0.717, 1.165) is 18.4 Å². The van der Waals surface area contributed by atoms with E-state index in [4.69, 9.17) is 16.3 Å². The number of methoxy groups -OCH3 is 1. The highest BCUT2D eigenvalue weighted by molar-refractivity contribution is 5.66. The molecular weight excluding hydrogens is 244 g/mol. The Morgan fingerprint density at radius 3 is 3.00 bits per heavy atom. The average Bonchev–Trinajstić information content (AvgIpc) is 2.36. The average molecular weight is 264 g/mol. The number of aliphatic hydroxyl groups excluding tert-OH is 1. The minimum atomic E-state index is -0.792. The quantitative estimate of drug-likeness (QED) is 0.597. The van der Waals surface area contributed by atoms with Crippen molar-refractivity contribution in [2.24, 2.45) is 11.8 Å². The zero-order valence-electron chi connectivity index (χ0n) is 11.1. The molecular formula is C15H20O4. The summed E-state index contributed by atoms with van der Waals surface area (Å²) in [5.41, 5.74) is 0.780. The van der Waals surface area contributed by atoms with Crippen molar-refractivity contribution >= 4 is 5.97 Å². The Bertz CT molecular complexity index is 434. The highest BCUT2D eigenvalue weighted by atomic mass is 16.5. The maximum Gasteiger partial charge on any atom is 0.303 e. The van der Waals surface area contributed by atoms with E-state index in [2.05, 4.69) is 5.92 Å². The van der Waals surface area contributed by atoms with Gasteiger partial charge in [-0.2, -0.15) is 0 Å². The lowest BCUT2D eigenvalue weighted by molar-refractivity contribution is -0.139. The maximum absolute atomic E-state index is 10.5. The largest absolute Gasteiger partial charge is 0.481 e. The summed E-state index contributed by atoms with van der Waals surface area (Å²) in [6, 6.07) is 0. The summed E-state index contributed by atoms with van der Waals surface area (Å²) in [5, 5.41) is 18.6. The van der Waals surface area contributed by atoms with Gasteiger partial charge in [-0.25, -0.2) is 0 Å². The van der Waals surface area contributed by atoms with Crippen LogP contribution < -0.4 is 0 Å². The fourth-order valence-electron chi connectivity index (χ4n) is 3.49. The third-order valence-electron chi connectivity index (χ3n) is 4.55. The first-order valence-electron chi connectivity index (χ1n) is 6.66. The molecule has 0 unspecified atom stereocenters. The normalized spacial score (nSPS) is 39.2. The van der Waals surface area contributed by atoms with Crippen LogP contribution in [0, 0.1) is 24.2 Å². The second kappa shape index (κ2) is 5.36. The lowest BCUT2D eigenvalue weighted by atomic mass is 9.53. The Balaban J connectivity index is 2.12. The molecule has 0 saturated heterocycles. The predicted octanol–water partition coefficient (Wildman–Crippen LogP) is 1.59. The summed E-state index contributed by atoms with van der Waals surface area (Å²) in [4.78, 5) is 10.5. The van der Waals surface area contributed by atoms with E-state index in [9.17, 15) is 9.90 Å². The molecule has 0 aromatic rings. The van der Waals surface area contributed by atoms with Gasteiger partial charge in [0.25, 0.3) is 0 Å². The summed E-state index contributed by atoms with van der Waals surface area (Å²) in [6.07, 6.45) is 9.89. The maximum atomic E-state index is 10.5. The minimum Gasteiger partial charge on any atom is -0.481 e. The highest BCUT2D eigenvalue weighted by Crippen LogP contribution is 2.56. The molecule has 2 N–H and O–H groups in total. The number of terminal acetylenes is 1. The summed E-state index contributed by atoms with van der Waals surface area (Å²) in [7, 11) is 1.67.